The van der Waals surface area contributed by atoms with Crippen molar-refractivity contribution in [1.82, 2.24) is 10.6 Å². The van der Waals surface area contributed by atoms with Crippen LogP contribution in [0.5, 0.6) is 0 Å². The number of nitrogens with one attached hydrogen (secondary N) is 2. The van der Waals surface area contributed by atoms with E-state index in [-0.39, 0.29) is 18.1 Å². The van der Waals surface area contributed by atoms with Crippen LogP contribution in [0.1, 0.15) is 32.6 Å². The van der Waals surface area contributed by atoms with Gasteiger partial charge in [-0.05, 0) is 32.6 Å². The van der Waals surface area contributed by atoms with Crippen molar-refractivity contribution in [3.05, 3.63) is 0 Å². The summed E-state index contributed by atoms with van der Waals surface area (Å²) in [5.74, 6) is 0.0673. The third-order valence-electron chi connectivity index (χ3n) is 3.72. The third kappa shape index (κ3) is 3.40. The molecule has 2 aliphatic rings. The molecule has 1 saturated carbocycles. The van der Waals surface area contributed by atoms with Gasteiger partial charge in [0, 0.05) is 18.6 Å². The number of amides is 1. The van der Waals surface area contributed by atoms with E-state index in [1.165, 1.54) is 0 Å². The van der Waals surface area contributed by atoms with E-state index in [0.717, 1.165) is 32.2 Å². The van der Waals surface area contributed by atoms with Gasteiger partial charge in [-0.1, -0.05) is 0 Å². The summed E-state index contributed by atoms with van der Waals surface area (Å²) in [7, 11) is 0. The van der Waals surface area contributed by atoms with Gasteiger partial charge in [-0.2, -0.15) is 0 Å². The highest BCUT2D eigenvalue weighted by Gasteiger charge is 2.30. The van der Waals surface area contributed by atoms with Crippen LogP contribution in [0.15, 0.2) is 0 Å². The molecule has 5 nitrogen and oxygen atoms in total. The van der Waals surface area contributed by atoms with Gasteiger partial charge in [0.05, 0.1) is 12.7 Å². The molecule has 2 rings (SSSR count). The van der Waals surface area contributed by atoms with Crippen LogP contribution in [0.2, 0.25) is 0 Å². The molecule has 2 atom stereocenters. The molecule has 2 fully saturated rings. The first kappa shape index (κ1) is 12.8. The zero-order chi connectivity index (χ0) is 12.3. The number of ether oxygens (including phenoxy) is 1. The molecule has 1 aliphatic heterocycles. The highest BCUT2D eigenvalue weighted by Crippen LogP contribution is 2.17. The molecule has 17 heavy (non-hydrogen) atoms. The molecule has 1 aliphatic carbocycles. The van der Waals surface area contributed by atoms with Gasteiger partial charge >= 0.3 is 0 Å². The predicted molar refractivity (Wildman–Crippen MR) is 65.6 cm³/mol. The summed E-state index contributed by atoms with van der Waals surface area (Å²) in [6.45, 7) is 3.37. The Morgan fingerprint density at radius 3 is 2.71 bits per heavy atom. The second-order valence-corrected chi connectivity index (χ2v) is 5.13. The van der Waals surface area contributed by atoms with Gasteiger partial charge in [-0.15, -0.1) is 0 Å². The minimum Gasteiger partial charge on any atom is -0.375 e. The topological polar surface area (TPSA) is 76.4 Å². The van der Waals surface area contributed by atoms with Gasteiger partial charge in [0.15, 0.2) is 0 Å². The summed E-state index contributed by atoms with van der Waals surface area (Å²) >= 11 is 0. The van der Waals surface area contributed by atoms with Crippen LogP contribution in [-0.4, -0.2) is 43.3 Å². The van der Waals surface area contributed by atoms with Crippen LogP contribution in [0.3, 0.4) is 0 Å². The normalized spacial score (nSPS) is 38.7. The van der Waals surface area contributed by atoms with Crippen molar-refractivity contribution in [2.24, 2.45) is 5.73 Å². The summed E-state index contributed by atoms with van der Waals surface area (Å²) < 4.78 is 5.47. The Bertz CT molecular complexity index is 264. The zero-order valence-corrected chi connectivity index (χ0v) is 10.4. The Balaban J connectivity index is 1.79. The summed E-state index contributed by atoms with van der Waals surface area (Å²) in [6.07, 6.45) is 3.96. The van der Waals surface area contributed by atoms with Gasteiger partial charge in [0.1, 0.15) is 6.04 Å². The smallest absolute Gasteiger partial charge is 0.240 e. The maximum Gasteiger partial charge on any atom is 0.240 e. The molecule has 1 heterocycles. The minimum atomic E-state index is -0.209. The molecular formula is C12H23N3O2. The van der Waals surface area contributed by atoms with Gasteiger partial charge in [0.2, 0.25) is 5.91 Å². The first-order chi connectivity index (χ1) is 8.16. The van der Waals surface area contributed by atoms with E-state index in [0.29, 0.717) is 18.7 Å². The largest absolute Gasteiger partial charge is 0.375 e. The van der Waals surface area contributed by atoms with Gasteiger partial charge in [0.25, 0.3) is 0 Å². The number of carbonyl (C=O) groups excluding carboxylic acids is 1. The Hall–Kier alpha value is -0.650. The lowest BCUT2D eigenvalue weighted by Crippen LogP contribution is -2.57. The van der Waals surface area contributed by atoms with Crippen LogP contribution in [-0.2, 0) is 9.53 Å². The first-order valence-corrected chi connectivity index (χ1v) is 6.58. The molecule has 0 bridgehead atoms. The van der Waals surface area contributed by atoms with E-state index in [1.807, 2.05) is 6.92 Å². The average molecular weight is 241 g/mol. The van der Waals surface area contributed by atoms with Crippen molar-refractivity contribution >= 4 is 5.91 Å². The number of rotatable bonds is 2. The van der Waals surface area contributed by atoms with Gasteiger partial charge in [-0.3, -0.25) is 4.79 Å². The maximum atomic E-state index is 12.1. The van der Waals surface area contributed by atoms with E-state index in [9.17, 15) is 4.79 Å². The highest BCUT2D eigenvalue weighted by molar-refractivity contribution is 5.82. The van der Waals surface area contributed by atoms with Crippen molar-refractivity contribution in [1.29, 1.82) is 0 Å². The molecule has 1 amide bonds. The summed E-state index contributed by atoms with van der Waals surface area (Å²) in [6, 6.07) is 0.399. The molecule has 98 valence electrons. The quantitative estimate of drug-likeness (QED) is 0.623. The lowest BCUT2D eigenvalue weighted by atomic mass is 9.91. The number of nitrogens with two attached hydrogens (primary N) is 1. The molecule has 0 radical (unpaired) electrons. The SMILES string of the molecule is C[C@H]1OCCN[C@@H]1C(=O)NC1CCC(N)CC1. The van der Waals surface area contributed by atoms with Crippen molar-refractivity contribution < 1.29 is 9.53 Å². The highest BCUT2D eigenvalue weighted by atomic mass is 16.5. The number of hydrogen-bond acceptors (Lipinski definition) is 4. The van der Waals surface area contributed by atoms with Crippen molar-refractivity contribution in [3.63, 3.8) is 0 Å². The molecular weight excluding hydrogens is 218 g/mol. The molecule has 0 aromatic heterocycles. The number of morpholine rings is 1. The summed E-state index contributed by atoms with van der Waals surface area (Å²) in [5.41, 5.74) is 5.85. The van der Waals surface area contributed by atoms with E-state index in [1.54, 1.807) is 0 Å². The third-order valence-corrected chi connectivity index (χ3v) is 3.72. The number of hydrogen-bond donors (Lipinski definition) is 3. The fourth-order valence-electron chi connectivity index (χ4n) is 2.58. The van der Waals surface area contributed by atoms with Crippen LogP contribution < -0.4 is 16.4 Å². The zero-order valence-electron chi connectivity index (χ0n) is 10.4. The standard InChI is InChI=1S/C12H23N3O2/c1-8-11(14-6-7-17-8)12(16)15-10-4-2-9(13)3-5-10/h8-11,14H,2-7,13H2,1H3,(H,15,16)/t8-,9?,10?,11+/m1/s1. The molecule has 0 unspecified atom stereocenters. The van der Waals surface area contributed by atoms with Crippen LogP contribution in [0, 0.1) is 0 Å². The Kier molecular flexibility index (Phi) is 4.36. The fourth-order valence-corrected chi connectivity index (χ4v) is 2.58. The Morgan fingerprint density at radius 1 is 1.35 bits per heavy atom. The molecule has 0 aromatic rings. The lowest BCUT2D eigenvalue weighted by Gasteiger charge is -2.32. The van der Waals surface area contributed by atoms with Crippen molar-refractivity contribution in [2.75, 3.05) is 13.2 Å². The van der Waals surface area contributed by atoms with E-state index in [4.69, 9.17) is 10.5 Å². The Morgan fingerprint density at radius 2 is 2.06 bits per heavy atom. The molecule has 0 spiro atoms. The van der Waals surface area contributed by atoms with E-state index >= 15 is 0 Å². The van der Waals surface area contributed by atoms with Crippen LogP contribution in [0.4, 0.5) is 0 Å². The molecule has 0 aromatic carbocycles. The van der Waals surface area contributed by atoms with E-state index in [2.05, 4.69) is 10.6 Å². The van der Waals surface area contributed by atoms with Crippen molar-refractivity contribution in [3.8, 4) is 0 Å². The minimum absolute atomic E-state index is 0.0467. The maximum absolute atomic E-state index is 12.1. The molecule has 5 heteroatoms. The lowest BCUT2D eigenvalue weighted by molar-refractivity contribution is -0.129. The summed E-state index contributed by atoms with van der Waals surface area (Å²) in [5, 5.41) is 6.31. The summed E-state index contributed by atoms with van der Waals surface area (Å²) in [4.78, 5) is 12.1. The predicted octanol–water partition coefficient (Wildman–Crippen LogP) is -0.251. The second kappa shape index (κ2) is 5.80. The first-order valence-electron chi connectivity index (χ1n) is 6.58. The fraction of sp³-hybridized carbons (Fsp3) is 0.917. The molecule has 4 N–H and O–H groups in total. The second-order valence-electron chi connectivity index (χ2n) is 5.13. The average Bonchev–Trinajstić information content (AvgIpc) is 2.32. The van der Waals surface area contributed by atoms with Gasteiger partial charge in [-0.25, -0.2) is 0 Å². The van der Waals surface area contributed by atoms with Crippen LogP contribution in [0.25, 0.3) is 0 Å². The van der Waals surface area contributed by atoms with Crippen LogP contribution >= 0.6 is 0 Å². The Labute approximate surface area is 102 Å². The monoisotopic (exact) mass is 241 g/mol. The van der Waals surface area contributed by atoms with Gasteiger partial charge < -0.3 is 21.1 Å². The molecule has 1 saturated heterocycles. The van der Waals surface area contributed by atoms with E-state index < -0.39 is 0 Å². The number of carbonyl (C=O) groups is 1. The van der Waals surface area contributed by atoms with Crippen molar-refractivity contribution in [2.45, 2.75) is 56.8 Å².